The van der Waals surface area contributed by atoms with Crippen molar-refractivity contribution in [3.05, 3.63) is 58.9 Å². The Morgan fingerprint density at radius 1 is 1.19 bits per heavy atom. The van der Waals surface area contributed by atoms with E-state index in [1.165, 1.54) is 5.56 Å². The maximum atomic E-state index is 12.5. The molecule has 2 heterocycles. The summed E-state index contributed by atoms with van der Waals surface area (Å²) in [5, 5.41) is 0. The van der Waals surface area contributed by atoms with E-state index in [0.29, 0.717) is 18.0 Å². The predicted molar refractivity (Wildman–Crippen MR) is 105 cm³/mol. The lowest BCUT2D eigenvalue weighted by atomic mass is 10.0. The fraction of sp³-hybridized carbons (Fsp3) is 0.455. The van der Waals surface area contributed by atoms with Gasteiger partial charge in [-0.3, -0.25) is 4.79 Å². The highest BCUT2D eigenvalue weighted by molar-refractivity contribution is 5.92. The normalized spacial score (nSPS) is 17.0. The third-order valence-corrected chi connectivity index (χ3v) is 5.31. The Kier molecular flexibility index (Phi) is 5.99. The van der Waals surface area contributed by atoms with E-state index in [1.807, 2.05) is 38.1 Å². The van der Waals surface area contributed by atoms with Crippen molar-refractivity contribution in [2.45, 2.75) is 40.2 Å². The summed E-state index contributed by atoms with van der Waals surface area (Å²) < 4.78 is 7.43. The van der Waals surface area contributed by atoms with Crippen molar-refractivity contribution in [3.63, 3.8) is 0 Å². The Hall–Kier alpha value is -2.56. The number of carbonyl (C=O) groups is 2. The van der Waals surface area contributed by atoms with Gasteiger partial charge in [-0.15, -0.1) is 0 Å². The molecule has 5 nitrogen and oxygen atoms in total. The zero-order chi connectivity index (χ0) is 19.4. The van der Waals surface area contributed by atoms with Gasteiger partial charge in [-0.1, -0.05) is 37.3 Å². The van der Waals surface area contributed by atoms with Crippen LogP contribution in [0.3, 0.4) is 0 Å². The molecule has 1 fully saturated rings. The molecule has 0 bridgehead atoms. The molecule has 0 unspecified atom stereocenters. The van der Waals surface area contributed by atoms with Crippen molar-refractivity contribution in [1.29, 1.82) is 0 Å². The second kappa shape index (κ2) is 8.42. The number of likely N-dealkylation sites (tertiary alicyclic amines) is 1. The Morgan fingerprint density at radius 3 is 2.63 bits per heavy atom. The van der Waals surface area contributed by atoms with Gasteiger partial charge in [0, 0.05) is 31.0 Å². The van der Waals surface area contributed by atoms with Crippen LogP contribution >= 0.6 is 0 Å². The quantitative estimate of drug-likeness (QED) is 0.758. The number of nitrogens with zero attached hydrogens (tertiary/aromatic N) is 2. The van der Waals surface area contributed by atoms with Crippen LogP contribution in [0.4, 0.5) is 0 Å². The van der Waals surface area contributed by atoms with Crippen molar-refractivity contribution >= 4 is 11.9 Å². The first-order valence-corrected chi connectivity index (χ1v) is 9.61. The number of hydrogen-bond acceptors (Lipinski definition) is 3. The van der Waals surface area contributed by atoms with E-state index in [-0.39, 0.29) is 12.5 Å². The second-order valence-corrected chi connectivity index (χ2v) is 7.52. The average molecular weight is 368 g/mol. The van der Waals surface area contributed by atoms with E-state index in [1.54, 1.807) is 4.90 Å². The maximum Gasteiger partial charge on any atom is 0.340 e. The Morgan fingerprint density at radius 2 is 1.93 bits per heavy atom. The molecule has 1 aliphatic heterocycles. The summed E-state index contributed by atoms with van der Waals surface area (Å²) in [4.78, 5) is 26.7. The highest BCUT2D eigenvalue weighted by atomic mass is 16.5. The van der Waals surface area contributed by atoms with E-state index in [9.17, 15) is 9.59 Å². The van der Waals surface area contributed by atoms with Gasteiger partial charge in [-0.2, -0.15) is 0 Å². The summed E-state index contributed by atoms with van der Waals surface area (Å²) >= 11 is 0. The highest BCUT2D eigenvalue weighted by Gasteiger charge is 2.23. The number of esters is 1. The lowest BCUT2D eigenvalue weighted by Gasteiger charge is -2.30. The van der Waals surface area contributed by atoms with Crippen LogP contribution in [-0.4, -0.2) is 41.0 Å². The lowest BCUT2D eigenvalue weighted by Crippen LogP contribution is -2.41. The molecule has 0 spiro atoms. The maximum absolute atomic E-state index is 12.5. The minimum atomic E-state index is -0.430. The van der Waals surface area contributed by atoms with E-state index < -0.39 is 5.97 Å². The number of hydrogen-bond donors (Lipinski definition) is 0. The van der Waals surface area contributed by atoms with E-state index >= 15 is 0 Å². The van der Waals surface area contributed by atoms with Gasteiger partial charge in [0.2, 0.25) is 0 Å². The zero-order valence-electron chi connectivity index (χ0n) is 16.4. The molecule has 5 heteroatoms. The molecule has 27 heavy (non-hydrogen) atoms. The topological polar surface area (TPSA) is 51.5 Å². The van der Waals surface area contributed by atoms with Crippen LogP contribution in [0.15, 0.2) is 36.4 Å². The van der Waals surface area contributed by atoms with Crippen LogP contribution in [0.25, 0.3) is 0 Å². The molecule has 1 atom stereocenters. The van der Waals surface area contributed by atoms with Crippen LogP contribution in [0.5, 0.6) is 0 Å². The Labute approximate surface area is 160 Å². The summed E-state index contributed by atoms with van der Waals surface area (Å²) in [5.74, 6) is -0.0240. The molecule has 1 aliphatic rings. The first-order valence-electron chi connectivity index (χ1n) is 9.61. The predicted octanol–water partition coefficient (Wildman–Crippen LogP) is 3.57. The van der Waals surface area contributed by atoms with Crippen molar-refractivity contribution in [2.75, 3.05) is 19.7 Å². The average Bonchev–Trinajstić information content (AvgIpc) is 2.95. The third-order valence-electron chi connectivity index (χ3n) is 5.31. The first-order chi connectivity index (χ1) is 13.0. The van der Waals surface area contributed by atoms with Gasteiger partial charge in [-0.25, -0.2) is 4.79 Å². The summed E-state index contributed by atoms with van der Waals surface area (Å²) in [5.41, 5.74) is 3.57. The third kappa shape index (κ3) is 4.59. The standard InChI is InChI=1S/C22H28N2O3/c1-16-8-7-11-23(13-16)21(25)15-27-22(26)20-12-17(2)24(18(20)3)14-19-9-5-4-6-10-19/h4-6,9-10,12,16H,7-8,11,13-15H2,1-3H3/t16-/m1/s1. The van der Waals surface area contributed by atoms with E-state index in [0.717, 1.165) is 37.3 Å². The Bertz CT molecular complexity index is 810. The second-order valence-electron chi connectivity index (χ2n) is 7.52. The molecule has 144 valence electrons. The molecule has 1 saturated heterocycles. The summed E-state index contributed by atoms with van der Waals surface area (Å²) in [6.07, 6.45) is 2.17. The summed E-state index contributed by atoms with van der Waals surface area (Å²) in [6.45, 7) is 8.07. The lowest BCUT2D eigenvalue weighted by molar-refractivity contribution is -0.136. The number of carbonyl (C=O) groups excluding carboxylic acids is 2. The summed E-state index contributed by atoms with van der Waals surface area (Å²) in [6, 6.07) is 12.0. The smallest absolute Gasteiger partial charge is 0.340 e. The molecular formula is C22H28N2O3. The molecule has 0 radical (unpaired) electrons. The fourth-order valence-electron chi connectivity index (χ4n) is 3.73. The Balaban J connectivity index is 1.63. The van der Waals surface area contributed by atoms with Crippen LogP contribution in [-0.2, 0) is 16.1 Å². The van der Waals surface area contributed by atoms with Crippen LogP contribution < -0.4 is 0 Å². The zero-order valence-corrected chi connectivity index (χ0v) is 16.4. The van der Waals surface area contributed by atoms with Gasteiger partial charge in [0.25, 0.3) is 5.91 Å². The number of benzene rings is 1. The van der Waals surface area contributed by atoms with E-state index in [2.05, 4.69) is 23.6 Å². The summed E-state index contributed by atoms with van der Waals surface area (Å²) in [7, 11) is 0. The van der Waals surface area contributed by atoms with Gasteiger partial charge in [-0.05, 0) is 44.2 Å². The van der Waals surface area contributed by atoms with E-state index in [4.69, 9.17) is 4.74 Å². The van der Waals surface area contributed by atoms with Crippen LogP contribution in [0.1, 0.15) is 47.1 Å². The van der Waals surface area contributed by atoms with Gasteiger partial charge in [0.15, 0.2) is 6.61 Å². The van der Waals surface area contributed by atoms with Crippen molar-refractivity contribution in [2.24, 2.45) is 5.92 Å². The molecule has 1 aromatic carbocycles. The number of aromatic nitrogens is 1. The van der Waals surface area contributed by atoms with Crippen molar-refractivity contribution < 1.29 is 14.3 Å². The number of piperidine rings is 1. The first kappa shape index (κ1) is 19.2. The van der Waals surface area contributed by atoms with Crippen LogP contribution in [0.2, 0.25) is 0 Å². The fourth-order valence-corrected chi connectivity index (χ4v) is 3.73. The molecular weight excluding hydrogens is 340 g/mol. The minimum absolute atomic E-state index is 0.104. The molecule has 0 aliphatic carbocycles. The number of ether oxygens (including phenoxy) is 1. The van der Waals surface area contributed by atoms with Crippen molar-refractivity contribution in [3.8, 4) is 0 Å². The molecule has 0 saturated carbocycles. The van der Waals surface area contributed by atoms with Crippen molar-refractivity contribution in [1.82, 2.24) is 9.47 Å². The van der Waals surface area contributed by atoms with Gasteiger partial charge in [0.1, 0.15) is 0 Å². The molecule has 1 amide bonds. The number of amides is 1. The number of aryl methyl sites for hydroxylation is 1. The molecule has 1 aromatic heterocycles. The minimum Gasteiger partial charge on any atom is -0.452 e. The van der Waals surface area contributed by atoms with Gasteiger partial charge in [0.05, 0.1) is 5.56 Å². The number of rotatable bonds is 5. The van der Waals surface area contributed by atoms with Gasteiger partial charge < -0.3 is 14.2 Å². The molecule has 0 N–H and O–H groups in total. The molecule has 2 aromatic rings. The van der Waals surface area contributed by atoms with Crippen LogP contribution in [0, 0.1) is 19.8 Å². The monoisotopic (exact) mass is 368 g/mol. The largest absolute Gasteiger partial charge is 0.452 e. The molecule has 3 rings (SSSR count). The van der Waals surface area contributed by atoms with Gasteiger partial charge >= 0.3 is 5.97 Å². The SMILES string of the molecule is Cc1cc(C(=O)OCC(=O)N2CCC[C@@H](C)C2)c(C)n1Cc1ccccc1. The highest BCUT2D eigenvalue weighted by Crippen LogP contribution is 2.19.